The summed E-state index contributed by atoms with van der Waals surface area (Å²) in [6.07, 6.45) is 3.30. The molecule has 0 unspecified atom stereocenters. The Labute approximate surface area is 124 Å². The molecule has 1 aliphatic heterocycles. The number of piperazine rings is 1. The van der Waals surface area contributed by atoms with Crippen LogP contribution in [0.2, 0.25) is 4.34 Å². The number of thiophene rings is 1. The Balaban J connectivity index is 1.62. The molecule has 2 rings (SSSR count). The summed E-state index contributed by atoms with van der Waals surface area (Å²) < 4.78 is 0.887. The normalized spacial score (nSPS) is 18.0. The lowest BCUT2D eigenvalue weighted by Gasteiger charge is -2.34. The van der Waals surface area contributed by atoms with Crippen molar-refractivity contribution in [3.05, 3.63) is 21.3 Å². The third kappa shape index (κ3) is 5.40. The molecule has 0 amide bonds. The van der Waals surface area contributed by atoms with Gasteiger partial charge in [0.05, 0.1) is 4.34 Å². The highest BCUT2D eigenvalue weighted by Crippen LogP contribution is 2.23. The molecule has 108 valence electrons. The molecule has 1 N–H and O–H groups in total. The van der Waals surface area contributed by atoms with E-state index in [-0.39, 0.29) is 0 Å². The van der Waals surface area contributed by atoms with Crippen LogP contribution in [-0.4, -0.2) is 54.2 Å². The van der Waals surface area contributed by atoms with Gasteiger partial charge in [0.15, 0.2) is 0 Å². The van der Waals surface area contributed by atoms with Crippen LogP contribution in [0.3, 0.4) is 0 Å². The maximum atomic E-state index is 8.75. The van der Waals surface area contributed by atoms with Gasteiger partial charge in [0, 0.05) is 44.2 Å². The fraction of sp³-hybridized carbons (Fsp3) is 0.714. The summed E-state index contributed by atoms with van der Waals surface area (Å²) in [5.74, 6) is 0. The molecule has 2 heterocycles. The molecule has 19 heavy (non-hydrogen) atoms. The molecule has 0 bridgehead atoms. The predicted molar refractivity (Wildman–Crippen MR) is 82.0 cm³/mol. The van der Waals surface area contributed by atoms with Crippen LogP contribution in [0.5, 0.6) is 0 Å². The van der Waals surface area contributed by atoms with Crippen molar-refractivity contribution < 1.29 is 5.11 Å². The predicted octanol–water partition coefficient (Wildman–Crippen LogP) is 2.68. The van der Waals surface area contributed by atoms with Gasteiger partial charge in [0.1, 0.15) is 0 Å². The number of hydrogen-bond donors (Lipinski definition) is 1. The molecule has 3 nitrogen and oxygen atoms in total. The summed E-state index contributed by atoms with van der Waals surface area (Å²) in [4.78, 5) is 6.41. The van der Waals surface area contributed by atoms with Crippen LogP contribution in [0.4, 0.5) is 0 Å². The fourth-order valence-electron chi connectivity index (χ4n) is 2.45. The Kier molecular flexibility index (Phi) is 6.61. The minimum absolute atomic E-state index is 0.331. The molecule has 1 fully saturated rings. The summed E-state index contributed by atoms with van der Waals surface area (Å²) >= 11 is 7.65. The molecule has 0 atom stereocenters. The highest BCUT2D eigenvalue weighted by Gasteiger charge is 2.16. The first-order valence-electron chi connectivity index (χ1n) is 7.08. The molecule has 1 aromatic rings. The van der Waals surface area contributed by atoms with Crippen LogP contribution in [0.15, 0.2) is 12.1 Å². The first-order chi connectivity index (χ1) is 9.28. The second kappa shape index (κ2) is 8.22. The zero-order valence-electron chi connectivity index (χ0n) is 11.4. The van der Waals surface area contributed by atoms with E-state index >= 15 is 0 Å². The van der Waals surface area contributed by atoms with E-state index in [1.165, 1.54) is 17.8 Å². The van der Waals surface area contributed by atoms with Gasteiger partial charge >= 0.3 is 0 Å². The molecule has 5 heteroatoms. The van der Waals surface area contributed by atoms with E-state index in [0.717, 1.165) is 49.9 Å². The van der Waals surface area contributed by atoms with Crippen molar-refractivity contribution in [1.29, 1.82) is 0 Å². The average Bonchev–Trinajstić information content (AvgIpc) is 2.82. The molecular formula is C14H23ClN2OS. The van der Waals surface area contributed by atoms with Gasteiger partial charge < -0.3 is 10.0 Å². The lowest BCUT2D eigenvalue weighted by Crippen LogP contribution is -2.45. The maximum Gasteiger partial charge on any atom is 0.0931 e. The van der Waals surface area contributed by atoms with E-state index < -0.39 is 0 Å². The van der Waals surface area contributed by atoms with E-state index in [1.807, 2.05) is 6.07 Å². The van der Waals surface area contributed by atoms with Gasteiger partial charge in [-0.2, -0.15) is 0 Å². The molecule has 0 saturated carbocycles. The van der Waals surface area contributed by atoms with Crippen LogP contribution in [0.25, 0.3) is 0 Å². The van der Waals surface area contributed by atoms with Crippen molar-refractivity contribution in [2.24, 2.45) is 0 Å². The number of nitrogens with zero attached hydrogens (tertiary/aromatic N) is 2. The number of unbranched alkanes of at least 4 members (excludes halogenated alkanes) is 2. The third-order valence-electron chi connectivity index (χ3n) is 3.61. The molecular weight excluding hydrogens is 280 g/mol. The van der Waals surface area contributed by atoms with Crippen molar-refractivity contribution in [3.8, 4) is 0 Å². The van der Waals surface area contributed by atoms with Crippen molar-refractivity contribution in [2.45, 2.75) is 25.8 Å². The van der Waals surface area contributed by atoms with E-state index in [0.29, 0.717) is 6.61 Å². The zero-order chi connectivity index (χ0) is 13.5. The second-order valence-corrected chi connectivity index (χ2v) is 6.91. The van der Waals surface area contributed by atoms with Crippen LogP contribution in [0, 0.1) is 0 Å². The molecule has 1 aromatic heterocycles. The van der Waals surface area contributed by atoms with Crippen LogP contribution >= 0.6 is 22.9 Å². The smallest absolute Gasteiger partial charge is 0.0931 e. The summed E-state index contributed by atoms with van der Waals surface area (Å²) in [5, 5.41) is 8.75. The molecule has 0 aromatic carbocycles. The SMILES string of the molecule is OCCCCCN1CCN(Cc2ccc(Cl)s2)CC1. The minimum Gasteiger partial charge on any atom is -0.396 e. The van der Waals surface area contributed by atoms with E-state index in [4.69, 9.17) is 16.7 Å². The highest BCUT2D eigenvalue weighted by atomic mass is 35.5. The quantitative estimate of drug-likeness (QED) is 0.785. The van der Waals surface area contributed by atoms with Gasteiger partial charge in [-0.05, 0) is 37.9 Å². The van der Waals surface area contributed by atoms with Gasteiger partial charge in [0.2, 0.25) is 0 Å². The summed E-state index contributed by atoms with van der Waals surface area (Å²) in [6.45, 7) is 7.17. The standard InChI is InChI=1S/C14H23ClN2OS/c15-14-5-4-13(19-14)12-17-9-7-16(8-10-17)6-2-1-3-11-18/h4-5,18H,1-3,6-12H2. The van der Waals surface area contributed by atoms with Crippen molar-refractivity contribution in [2.75, 3.05) is 39.3 Å². The molecule has 1 saturated heterocycles. The first-order valence-corrected chi connectivity index (χ1v) is 8.27. The summed E-state index contributed by atoms with van der Waals surface area (Å²) in [5.41, 5.74) is 0. The Hall–Kier alpha value is -0.130. The van der Waals surface area contributed by atoms with Crippen LogP contribution in [-0.2, 0) is 6.54 Å². The van der Waals surface area contributed by atoms with Gasteiger partial charge in [-0.25, -0.2) is 0 Å². The molecule has 0 radical (unpaired) electrons. The van der Waals surface area contributed by atoms with Gasteiger partial charge in [-0.3, -0.25) is 4.90 Å². The van der Waals surface area contributed by atoms with E-state index in [1.54, 1.807) is 11.3 Å². The van der Waals surface area contributed by atoms with Gasteiger partial charge in [-0.15, -0.1) is 11.3 Å². The number of rotatable bonds is 7. The second-order valence-electron chi connectivity index (χ2n) is 5.11. The van der Waals surface area contributed by atoms with Crippen molar-refractivity contribution >= 4 is 22.9 Å². The van der Waals surface area contributed by atoms with Crippen LogP contribution < -0.4 is 0 Å². The Bertz CT molecular complexity index is 364. The lowest BCUT2D eigenvalue weighted by atomic mass is 10.2. The Morgan fingerprint density at radius 3 is 2.42 bits per heavy atom. The number of halogens is 1. The largest absolute Gasteiger partial charge is 0.396 e. The number of hydrogen-bond acceptors (Lipinski definition) is 4. The number of aliphatic hydroxyl groups excluding tert-OH is 1. The first kappa shape index (κ1) is 15.3. The van der Waals surface area contributed by atoms with E-state index in [2.05, 4.69) is 15.9 Å². The minimum atomic E-state index is 0.331. The summed E-state index contributed by atoms with van der Waals surface area (Å²) in [7, 11) is 0. The Morgan fingerprint density at radius 2 is 1.79 bits per heavy atom. The maximum absolute atomic E-state index is 8.75. The zero-order valence-corrected chi connectivity index (χ0v) is 12.9. The third-order valence-corrected chi connectivity index (χ3v) is 4.82. The summed E-state index contributed by atoms with van der Waals surface area (Å²) in [6, 6.07) is 4.12. The van der Waals surface area contributed by atoms with E-state index in [9.17, 15) is 0 Å². The molecule has 0 aliphatic carbocycles. The monoisotopic (exact) mass is 302 g/mol. The van der Waals surface area contributed by atoms with Gasteiger partial charge in [0.25, 0.3) is 0 Å². The van der Waals surface area contributed by atoms with Crippen molar-refractivity contribution in [3.63, 3.8) is 0 Å². The number of aliphatic hydroxyl groups is 1. The molecule has 1 aliphatic rings. The van der Waals surface area contributed by atoms with Gasteiger partial charge in [-0.1, -0.05) is 11.6 Å². The fourth-order valence-corrected chi connectivity index (χ4v) is 3.58. The Morgan fingerprint density at radius 1 is 1.05 bits per heavy atom. The lowest BCUT2D eigenvalue weighted by molar-refractivity contribution is 0.126. The molecule has 0 spiro atoms. The average molecular weight is 303 g/mol. The van der Waals surface area contributed by atoms with Crippen LogP contribution in [0.1, 0.15) is 24.1 Å². The topological polar surface area (TPSA) is 26.7 Å². The van der Waals surface area contributed by atoms with Crippen molar-refractivity contribution in [1.82, 2.24) is 9.80 Å². The highest BCUT2D eigenvalue weighted by molar-refractivity contribution is 7.16.